The Morgan fingerprint density at radius 3 is 2.54 bits per heavy atom. The molecular weight excluding hydrogens is 635 g/mol. The highest BCUT2D eigenvalue weighted by molar-refractivity contribution is 7.60. The standard InChI is InChI=1S/C35H53N4O8P/c1-7-25-17-35(25,48(44,45)8-2)37-30(40)28-16-26-19-39(28)31(41)29(34(4,5)6)36-32(42)46-21-22(3)12-9-10-13-23-14-11-15-24-18-38(20-27(23)24)33(43)47-26/h11,14-15,22,25-26,28-29H,7-10,12-13,16-21H2,1-6H3,(H,36,42)(H,37,40)(H,44,45)/t22-,25+,26-,28+,29-,35+/m1/s1. The Morgan fingerprint density at radius 1 is 1.15 bits per heavy atom. The Kier molecular flexibility index (Phi) is 10.6. The van der Waals surface area contributed by atoms with Gasteiger partial charge in [0.25, 0.3) is 0 Å². The van der Waals surface area contributed by atoms with Crippen molar-refractivity contribution in [1.82, 2.24) is 20.4 Å². The highest BCUT2D eigenvalue weighted by Crippen LogP contribution is 2.69. The van der Waals surface area contributed by atoms with E-state index in [1.165, 1.54) is 10.5 Å². The van der Waals surface area contributed by atoms with E-state index in [1.54, 1.807) is 11.8 Å². The van der Waals surface area contributed by atoms with Crippen molar-refractivity contribution in [2.24, 2.45) is 17.3 Å². The van der Waals surface area contributed by atoms with E-state index >= 15 is 0 Å². The second-order valence-corrected chi connectivity index (χ2v) is 18.1. The van der Waals surface area contributed by atoms with Crippen LogP contribution in [0.15, 0.2) is 18.2 Å². The molecule has 266 valence electrons. The fourth-order valence-electron chi connectivity index (χ4n) is 7.58. The van der Waals surface area contributed by atoms with Crippen LogP contribution in [0.1, 0.15) is 96.8 Å². The summed E-state index contributed by atoms with van der Waals surface area (Å²) in [7, 11) is -3.74. The van der Waals surface area contributed by atoms with Crippen LogP contribution in [-0.4, -0.2) is 81.5 Å². The van der Waals surface area contributed by atoms with E-state index < -0.39 is 60.3 Å². The van der Waals surface area contributed by atoms with Crippen molar-refractivity contribution in [3.05, 3.63) is 34.9 Å². The lowest BCUT2D eigenvalue weighted by molar-refractivity contribution is -0.142. The number of nitrogens with zero attached hydrogens (tertiary/aromatic N) is 2. The first kappa shape index (κ1) is 36.2. The number of benzene rings is 1. The number of ether oxygens (including phenoxy) is 2. The molecule has 2 fully saturated rings. The summed E-state index contributed by atoms with van der Waals surface area (Å²) in [5.41, 5.74) is 2.66. The number of fused-ring (bicyclic) bond motifs is 3. The zero-order chi connectivity index (χ0) is 35.0. The van der Waals surface area contributed by atoms with E-state index in [0.717, 1.165) is 36.8 Å². The third kappa shape index (κ3) is 7.39. The average molecular weight is 689 g/mol. The van der Waals surface area contributed by atoms with Crippen molar-refractivity contribution in [3.63, 3.8) is 0 Å². The first-order valence-corrected chi connectivity index (χ1v) is 19.4. The van der Waals surface area contributed by atoms with Gasteiger partial charge in [-0.25, -0.2) is 9.59 Å². The molecular formula is C35H53N4O8P. The van der Waals surface area contributed by atoms with Crippen LogP contribution in [0.4, 0.5) is 9.59 Å². The van der Waals surface area contributed by atoms with Gasteiger partial charge in [0.05, 0.1) is 13.2 Å². The molecule has 0 spiro atoms. The maximum Gasteiger partial charge on any atom is 0.410 e. The quantitative estimate of drug-likeness (QED) is 0.359. The number of carbonyl (C=O) groups excluding carboxylic acids is 4. The van der Waals surface area contributed by atoms with E-state index in [9.17, 15) is 28.6 Å². The molecule has 1 aromatic rings. The minimum atomic E-state index is -3.74. The number of nitrogens with one attached hydrogen (secondary N) is 2. The second kappa shape index (κ2) is 14.0. The van der Waals surface area contributed by atoms with Crippen molar-refractivity contribution in [2.75, 3.05) is 19.3 Å². The molecule has 0 radical (unpaired) electrons. The van der Waals surface area contributed by atoms with Gasteiger partial charge < -0.3 is 29.9 Å². The van der Waals surface area contributed by atoms with Gasteiger partial charge >= 0.3 is 12.2 Å². The number of carbonyl (C=O) groups is 4. The molecule has 0 aromatic heterocycles. The molecule has 1 aliphatic carbocycles. The topological polar surface area (TPSA) is 155 Å². The lowest BCUT2D eigenvalue weighted by atomic mass is 9.85. The molecule has 4 amide bonds. The number of rotatable bonds is 5. The molecule has 3 N–H and O–H groups in total. The minimum Gasteiger partial charge on any atom is -0.449 e. The molecule has 3 aliphatic heterocycles. The largest absolute Gasteiger partial charge is 0.449 e. The summed E-state index contributed by atoms with van der Waals surface area (Å²) in [5.74, 6) is -1.12. The smallest absolute Gasteiger partial charge is 0.410 e. The van der Waals surface area contributed by atoms with Gasteiger partial charge in [0.2, 0.25) is 19.2 Å². The number of alkyl carbamates (subject to hydrolysis) is 1. The summed E-state index contributed by atoms with van der Waals surface area (Å²) >= 11 is 0. The van der Waals surface area contributed by atoms with Gasteiger partial charge in [-0.1, -0.05) is 72.6 Å². The zero-order valence-corrected chi connectivity index (χ0v) is 30.1. The second-order valence-electron chi connectivity index (χ2n) is 15.3. The van der Waals surface area contributed by atoms with E-state index in [4.69, 9.17) is 9.47 Å². The molecule has 1 saturated carbocycles. The number of aryl methyl sites for hydroxylation is 1. The van der Waals surface area contributed by atoms with Crippen LogP contribution in [0.2, 0.25) is 0 Å². The van der Waals surface area contributed by atoms with Gasteiger partial charge in [-0.05, 0) is 59.6 Å². The van der Waals surface area contributed by atoms with Crippen LogP contribution in [0.5, 0.6) is 0 Å². The summed E-state index contributed by atoms with van der Waals surface area (Å²) in [6.45, 7) is 12.0. The minimum absolute atomic E-state index is 0.00795. The summed E-state index contributed by atoms with van der Waals surface area (Å²) in [6.07, 6.45) is 2.64. The molecule has 13 heteroatoms. The highest BCUT2D eigenvalue weighted by Gasteiger charge is 2.65. The average Bonchev–Trinajstić information content (AvgIpc) is 3.35. The fraction of sp³-hybridized carbons (Fsp3) is 0.714. The number of hydrogen-bond donors (Lipinski definition) is 3. The number of amides is 4. The zero-order valence-electron chi connectivity index (χ0n) is 29.3. The molecule has 4 aliphatic rings. The van der Waals surface area contributed by atoms with Crippen molar-refractivity contribution in [3.8, 4) is 0 Å². The molecule has 4 bridgehead atoms. The van der Waals surface area contributed by atoms with Gasteiger partial charge in [0.15, 0.2) is 0 Å². The van der Waals surface area contributed by atoms with E-state index in [0.29, 0.717) is 25.9 Å². The van der Waals surface area contributed by atoms with Gasteiger partial charge in [-0.15, -0.1) is 0 Å². The van der Waals surface area contributed by atoms with E-state index in [1.807, 2.05) is 46.8 Å². The van der Waals surface area contributed by atoms with Gasteiger partial charge in [0, 0.05) is 25.7 Å². The summed E-state index contributed by atoms with van der Waals surface area (Å²) in [4.78, 5) is 68.9. The van der Waals surface area contributed by atoms with Gasteiger partial charge in [0.1, 0.15) is 23.5 Å². The summed E-state index contributed by atoms with van der Waals surface area (Å²) in [5, 5.41) is 4.40. The molecule has 12 nitrogen and oxygen atoms in total. The van der Waals surface area contributed by atoms with Crippen LogP contribution in [-0.2, 0) is 43.1 Å². The normalized spacial score (nSPS) is 31.3. The predicted octanol–water partition coefficient (Wildman–Crippen LogP) is 5.14. The van der Waals surface area contributed by atoms with Crippen molar-refractivity contribution in [2.45, 2.75) is 123 Å². The summed E-state index contributed by atoms with van der Waals surface area (Å²) < 4.78 is 24.9. The van der Waals surface area contributed by atoms with Crippen LogP contribution in [0.25, 0.3) is 0 Å². The van der Waals surface area contributed by atoms with Crippen molar-refractivity contribution in [1.29, 1.82) is 0 Å². The Morgan fingerprint density at radius 2 is 1.88 bits per heavy atom. The van der Waals surface area contributed by atoms with Gasteiger partial charge in [-0.3, -0.25) is 19.1 Å². The molecule has 5 rings (SSSR count). The number of cyclic esters (lactones) is 1. The Labute approximate surface area is 284 Å². The first-order chi connectivity index (χ1) is 22.6. The summed E-state index contributed by atoms with van der Waals surface area (Å²) in [6, 6.07) is 4.01. The van der Waals surface area contributed by atoms with Crippen LogP contribution in [0.3, 0.4) is 0 Å². The van der Waals surface area contributed by atoms with E-state index in [2.05, 4.69) is 16.7 Å². The first-order valence-electron chi connectivity index (χ1n) is 17.5. The maximum atomic E-state index is 14.3. The van der Waals surface area contributed by atoms with E-state index in [-0.39, 0.29) is 37.6 Å². The fourth-order valence-corrected chi connectivity index (χ4v) is 9.68. The lowest BCUT2D eigenvalue weighted by Crippen LogP contribution is -2.58. The molecule has 1 aromatic carbocycles. The third-order valence-electron chi connectivity index (χ3n) is 10.7. The van der Waals surface area contributed by atoms with Crippen LogP contribution < -0.4 is 10.6 Å². The molecule has 48 heavy (non-hydrogen) atoms. The highest BCUT2D eigenvalue weighted by atomic mass is 31.2. The van der Waals surface area contributed by atoms with Crippen LogP contribution >= 0.6 is 7.37 Å². The Balaban J connectivity index is 1.44. The maximum absolute atomic E-state index is 14.3. The molecule has 3 heterocycles. The lowest BCUT2D eigenvalue weighted by Gasteiger charge is -2.35. The third-order valence-corrected chi connectivity index (χ3v) is 13.4. The SMILES string of the molecule is CC[C@H]1C[C@]1(NC(=O)[C@@H]1C[C@@H]2CN1C(=O)[C@H](C(C)(C)C)NC(=O)OC[C@H](C)CCCCc1cccc3c1CN(C3)C(=O)O2)P(=O)(O)CC. The predicted molar refractivity (Wildman–Crippen MR) is 180 cm³/mol. The Hall–Kier alpha value is -3.11. The number of hydrogen-bond acceptors (Lipinski definition) is 7. The molecule has 1 saturated heterocycles. The molecule has 7 atom stereocenters. The Bertz CT molecular complexity index is 1460. The van der Waals surface area contributed by atoms with Crippen LogP contribution in [0, 0.1) is 17.3 Å². The monoisotopic (exact) mass is 688 g/mol. The van der Waals surface area contributed by atoms with Crippen molar-refractivity contribution >= 4 is 31.4 Å². The van der Waals surface area contributed by atoms with Gasteiger partial charge in [-0.2, -0.15) is 0 Å². The van der Waals surface area contributed by atoms with Crippen molar-refractivity contribution < 1.29 is 38.1 Å². The molecule has 1 unspecified atom stereocenters.